The van der Waals surface area contributed by atoms with E-state index in [-0.39, 0.29) is 5.91 Å². The molecule has 4 fully saturated rings. The van der Waals surface area contributed by atoms with Crippen molar-refractivity contribution in [1.82, 2.24) is 10.2 Å². The minimum atomic E-state index is 0.114. The van der Waals surface area contributed by atoms with Crippen molar-refractivity contribution < 1.29 is 4.79 Å². The zero-order chi connectivity index (χ0) is 22.6. The maximum absolute atomic E-state index is 12.3. The van der Waals surface area contributed by atoms with Crippen molar-refractivity contribution in [3.63, 3.8) is 0 Å². The second kappa shape index (κ2) is 8.50. The van der Waals surface area contributed by atoms with Gasteiger partial charge >= 0.3 is 0 Å². The molecule has 0 aromatic heterocycles. The first-order valence-corrected chi connectivity index (χ1v) is 13.2. The summed E-state index contributed by atoms with van der Waals surface area (Å²) >= 11 is 0. The number of rotatable bonds is 4. The van der Waals surface area contributed by atoms with E-state index in [1.807, 2.05) is 13.8 Å². The Bertz CT molecular complexity index is 710. The molecule has 0 aliphatic heterocycles. The molecular weight excluding hydrogens is 380 g/mol. The Morgan fingerprint density at radius 2 is 1.65 bits per heavy atom. The summed E-state index contributed by atoms with van der Waals surface area (Å²) in [6.45, 7) is 11.8. The number of hydrogen-bond donors (Lipinski definition) is 1. The quantitative estimate of drug-likeness (QED) is 0.553. The Morgan fingerprint density at radius 3 is 2.32 bits per heavy atom. The van der Waals surface area contributed by atoms with Crippen molar-refractivity contribution in [2.75, 3.05) is 14.1 Å². The Balaban J connectivity index is 1.46. The first-order valence-electron chi connectivity index (χ1n) is 13.2. The summed E-state index contributed by atoms with van der Waals surface area (Å²) in [4.78, 5) is 14.8. The predicted octanol–water partition coefficient (Wildman–Crippen LogP) is 6.05. The fourth-order valence-electron chi connectivity index (χ4n) is 9.09. The third-order valence-electron chi connectivity index (χ3n) is 10.9. The molecule has 31 heavy (non-hydrogen) atoms. The number of allylic oxidation sites excluding steroid dienone is 1. The van der Waals surface area contributed by atoms with E-state index in [0.717, 1.165) is 35.2 Å². The van der Waals surface area contributed by atoms with Crippen LogP contribution in [0.2, 0.25) is 0 Å². The van der Waals surface area contributed by atoms with Gasteiger partial charge in [0.25, 0.3) is 0 Å². The van der Waals surface area contributed by atoms with Crippen LogP contribution in [0.15, 0.2) is 11.6 Å². The van der Waals surface area contributed by atoms with Gasteiger partial charge in [-0.1, -0.05) is 19.4 Å². The van der Waals surface area contributed by atoms with Crippen LogP contribution in [0.3, 0.4) is 0 Å². The lowest BCUT2D eigenvalue weighted by molar-refractivity contribution is -0.125. The second-order valence-electron chi connectivity index (χ2n) is 12.8. The molecule has 3 heteroatoms. The van der Waals surface area contributed by atoms with Crippen LogP contribution in [0, 0.1) is 40.4 Å². The summed E-state index contributed by atoms with van der Waals surface area (Å²) in [7, 11) is 4.54. The van der Waals surface area contributed by atoms with Crippen LogP contribution in [0.4, 0.5) is 0 Å². The van der Waals surface area contributed by atoms with Gasteiger partial charge in [-0.25, -0.2) is 0 Å². The highest BCUT2D eigenvalue weighted by Gasteiger charge is 2.60. The summed E-state index contributed by atoms with van der Waals surface area (Å²) in [5.41, 5.74) is 2.12. The highest BCUT2D eigenvalue weighted by Crippen LogP contribution is 2.67. The van der Waals surface area contributed by atoms with Gasteiger partial charge in [0.2, 0.25) is 5.91 Å². The maximum Gasteiger partial charge on any atom is 0.244 e. The minimum absolute atomic E-state index is 0.114. The number of nitrogens with zero attached hydrogens (tertiary/aromatic N) is 1. The molecule has 0 radical (unpaired) electrons. The molecule has 0 aromatic carbocycles. The van der Waals surface area contributed by atoms with Gasteiger partial charge in [0, 0.05) is 18.2 Å². The predicted molar refractivity (Wildman–Crippen MR) is 130 cm³/mol. The van der Waals surface area contributed by atoms with Gasteiger partial charge in [-0.05, 0) is 133 Å². The first kappa shape index (κ1) is 23.3. The van der Waals surface area contributed by atoms with Crippen LogP contribution in [0.1, 0.15) is 92.4 Å². The molecule has 0 heterocycles. The second-order valence-corrected chi connectivity index (χ2v) is 12.8. The van der Waals surface area contributed by atoms with Crippen LogP contribution in [0.5, 0.6) is 0 Å². The van der Waals surface area contributed by atoms with Gasteiger partial charge in [-0.2, -0.15) is 0 Å². The van der Waals surface area contributed by atoms with Gasteiger partial charge in [0.15, 0.2) is 0 Å². The van der Waals surface area contributed by atoms with E-state index < -0.39 is 0 Å². The van der Waals surface area contributed by atoms with Crippen molar-refractivity contribution in [1.29, 1.82) is 0 Å². The molecule has 9 atom stereocenters. The SMILES string of the molecule is CC(C)=CC(=O)N[C@H]1CC[C@@]2(C)[C@@H](CC[C@@H]3[C@H]4CC[C@H]([C@@H](C)N(C)C)[C@]4(C)CC[C@@H]32)C1. The molecule has 1 N–H and O–H groups in total. The highest BCUT2D eigenvalue weighted by molar-refractivity contribution is 5.88. The van der Waals surface area contributed by atoms with Crippen molar-refractivity contribution in [3.8, 4) is 0 Å². The third-order valence-corrected chi connectivity index (χ3v) is 10.9. The van der Waals surface area contributed by atoms with Gasteiger partial charge < -0.3 is 10.2 Å². The Morgan fingerprint density at radius 1 is 0.968 bits per heavy atom. The number of hydrogen-bond acceptors (Lipinski definition) is 2. The monoisotopic (exact) mass is 428 g/mol. The van der Waals surface area contributed by atoms with E-state index in [1.54, 1.807) is 6.08 Å². The molecule has 0 spiro atoms. The van der Waals surface area contributed by atoms with E-state index in [2.05, 4.69) is 45.1 Å². The van der Waals surface area contributed by atoms with E-state index in [9.17, 15) is 4.79 Å². The lowest BCUT2D eigenvalue weighted by Gasteiger charge is -2.61. The topological polar surface area (TPSA) is 32.3 Å². The smallest absolute Gasteiger partial charge is 0.244 e. The summed E-state index contributed by atoms with van der Waals surface area (Å²) < 4.78 is 0. The molecule has 4 aliphatic carbocycles. The average molecular weight is 429 g/mol. The molecule has 4 rings (SSSR count). The standard InChI is InChI=1S/C28H48N2O/c1-18(2)16-26(31)29-21-12-14-27(4)20(17-21)8-9-22-24-11-10-23(19(3)30(6)7)28(24,5)15-13-25(22)27/h16,19-25H,8-15,17H2,1-7H3,(H,29,31)/t19-,20+,21+,22-,23-,24-,25+,27+,28+/m1/s1. The number of carbonyl (C=O) groups is 1. The zero-order valence-electron chi connectivity index (χ0n) is 21.3. The van der Waals surface area contributed by atoms with E-state index in [1.165, 1.54) is 57.8 Å². The Labute approximate surface area is 191 Å². The van der Waals surface area contributed by atoms with Crippen LogP contribution in [0.25, 0.3) is 0 Å². The lowest BCUT2D eigenvalue weighted by Crippen LogP contribution is -2.56. The maximum atomic E-state index is 12.3. The number of carbonyl (C=O) groups excluding carboxylic acids is 1. The fraction of sp³-hybridized carbons (Fsp3) is 0.893. The first-order chi connectivity index (χ1) is 14.6. The summed E-state index contributed by atoms with van der Waals surface area (Å²) in [5.74, 6) is 4.55. The highest BCUT2D eigenvalue weighted by atomic mass is 16.1. The average Bonchev–Trinajstić information content (AvgIpc) is 3.04. The third kappa shape index (κ3) is 4.02. The van der Waals surface area contributed by atoms with Crippen LogP contribution in [-0.4, -0.2) is 37.0 Å². The Hall–Kier alpha value is -0.830. The molecule has 0 unspecified atom stereocenters. The largest absolute Gasteiger partial charge is 0.350 e. The molecular formula is C28H48N2O. The molecule has 4 aliphatic rings. The molecule has 0 bridgehead atoms. The van der Waals surface area contributed by atoms with Crippen molar-refractivity contribution in [2.24, 2.45) is 40.4 Å². The van der Waals surface area contributed by atoms with Gasteiger partial charge in [-0.3, -0.25) is 4.79 Å². The van der Waals surface area contributed by atoms with Crippen molar-refractivity contribution in [3.05, 3.63) is 11.6 Å². The van der Waals surface area contributed by atoms with Crippen LogP contribution in [-0.2, 0) is 4.79 Å². The zero-order valence-corrected chi connectivity index (χ0v) is 21.3. The number of nitrogens with one attached hydrogen (secondary N) is 1. The van der Waals surface area contributed by atoms with Gasteiger partial charge in [0.05, 0.1) is 0 Å². The van der Waals surface area contributed by atoms with E-state index >= 15 is 0 Å². The molecule has 4 saturated carbocycles. The molecule has 0 saturated heterocycles. The van der Waals surface area contributed by atoms with E-state index in [4.69, 9.17) is 0 Å². The normalized spacial score (nSPS) is 45.3. The van der Waals surface area contributed by atoms with Crippen LogP contribution >= 0.6 is 0 Å². The summed E-state index contributed by atoms with van der Waals surface area (Å²) in [6, 6.07) is 1.07. The van der Waals surface area contributed by atoms with Crippen molar-refractivity contribution >= 4 is 5.91 Å². The van der Waals surface area contributed by atoms with E-state index in [0.29, 0.717) is 22.9 Å². The summed E-state index contributed by atoms with van der Waals surface area (Å²) in [6.07, 6.45) is 14.0. The molecule has 3 nitrogen and oxygen atoms in total. The number of amides is 1. The lowest BCUT2D eigenvalue weighted by atomic mass is 9.44. The van der Waals surface area contributed by atoms with Gasteiger partial charge in [-0.15, -0.1) is 0 Å². The Kier molecular flexibility index (Phi) is 6.40. The van der Waals surface area contributed by atoms with Gasteiger partial charge in [0.1, 0.15) is 0 Å². The molecule has 1 amide bonds. The fourth-order valence-corrected chi connectivity index (χ4v) is 9.09. The minimum Gasteiger partial charge on any atom is -0.350 e. The summed E-state index contributed by atoms with van der Waals surface area (Å²) in [5, 5.41) is 3.32. The molecule has 0 aromatic rings. The molecule has 176 valence electrons. The van der Waals surface area contributed by atoms with Crippen molar-refractivity contribution in [2.45, 2.75) is 104 Å². The number of fused-ring (bicyclic) bond motifs is 5. The van der Waals surface area contributed by atoms with Crippen LogP contribution < -0.4 is 5.32 Å².